The standard InChI is InChI=1S/C21H20ClFN4O2/c1-14-19(15(2)27(26-14)12-16-6-3-4-9-20(16)22)11-24-25-21(28)13-29-18-8-5-7-17(23)10-18/h3-11H,12-13H2,1-2H3,(H,25,28)/b24-11-. The molecule has 0 bridgehead atoms. The molecule has 29 heavy (non-hydrogen) atoms. The molecule has 8 heteroatoms. The molecular formula is C21H20ClFN4O2. The largest absolute Gasteiger partial charge is 0.484 e. The van der Waals surface area contributed by atoms with Crippen molar-refractivity contribution in [2.75, 3.05) is 6.61 Å². The zero-order valence-electron chi connectivity index (χ0n) is 16.0. The minimum absolute atomic E-state index is 0.273. The van der Waals surface area contributed by atoms with Crippen molar-refractivity contribution in [3.05, 3.63) is 81.9 Å². The van der Waals surface area contributed by atoms with Gasteiger partial charge in [-0.2, -0.15) is 10.2 Å². The van der Waals surface area contributed by atoms with Crippen molar-refractivity contribution in [2.45, 2.75) is 20.4 Å². The van der Waals surface area contributed by atoms with Gasteiger partial charge in [0.2, 0.25) is 0 Å². The Hall–Kier alpha value is -3.19. The number of nitrogens with zero attached hydrogens (tertiary/aromatic N) is 3. The minimum Gasteiger partial charge on any atom is -0.484 e. The van der Waals surface area contributed by atoms with E-state index in [1.165, 1.54) is 18.2 Å². The van der Waals surface area contributed by atoms with Crippen LogP contribution in [0.4, 0.5) is 4.39 Å². The fourth-order valence-corrected chi connectivity index (χ4v) is 2.94. The smallest absolute Gasteiger partial charge is 0.277 e. The summed E-state index contributed by atoms with van der Waals surface area (Å²) in [4.78, 5) is 11.9. The predicted molar refractivity (Wildman–Crippen MR) is 110 cm³/mol. The van der Waals surface area contributed by atoms with Crippen molar-refractivity contribution < 1.29 is 13.9 Å². The normalized spacial score (nSPS) is 11.0. The van der Waals surface area contributed by atoms with Crippen LogP contribution >= 0.6 is 11.6 Å². The zero-order chi connectivity index (χ0) is 20.8. The molecule has 6 nitrogen and oxygen atoms in total. The Labute approximate surface area is 173 Å². The topological polar surface area (TPSA) is 68.5 Å². The van der Waals surface area contributed by atoms with Crippen LogP contribution in [0.5, 0.6) is 5.75 Å². The highest BCUT2D eigenvalue weighted by Crippen LogP contribution is 2.18. The maximum absolute atomic E-state index is 13.1. The Kier molecular flexibility index (Phi) is 6.61. The molecule has 3 aromatic rings. The van der Waals surface area contributed by atoms with E-state index in [1.807, 2.05) is 42.8 Å². The fourth-order valence-electron chi connectivity index (χ4n) is 2.75. The summed E-state index contributed by atoms with van der Waals surface area (Å²) >= 11 is 6.23. The van der Waals surface area contributed by atoms with Crippen LogP contribution in [0.2, 0.25) is 5.02 Å². The number of ether oxygens (including phenoxy) is 1. The summed E-state index contributed by atoms with van der Waals surface area (Å²) < 4.78 is 20.2. The maximum Gasteiger partial charge on any atom is 0.277 e. The summed E-state index contributed by atoms with van der Waals surface area (Å²) in [6, 6.07) is 13.2. The molecule has 0 saturated heterocycles. The average Bonchev–Trinajstić information content (AvgIpc) is 2.95. The molecule has 0 atom stereocenters. The van der Waals surface area contributed by atoms with Crippen LogP contribution in [-0.4, -0.2) is 28.5 Å². The molecule has 0 aliphatic carbocycles. The number of aromatic nitrogens is 2. The molecule has 150 valence electrons. The lowest BCUT2D eigenvalue weighted by atomic mass is 10.2. The molecule has 1 heterocycles. The van der Waals surface area contributed by atoms with Crippen molar-refractivity contribution >= 4 is 23.7 Å². The molecule has 1 aromatic heterocycles. The van der Waals surface area contributed by atoms with Gasteiger partial charge in [0.1, 0.15) is 11.6 Å². The van der Waals surface area contributed by atoms with Gasteiger partial charge in [-0.25, -0.2) is 9.82 Å². The number of rotatable bonds is 7. The van der Waals surface area contributed by atoms with Gasteiger partial charge in [0, 0.05) is 22.3 Å². The summed E-state index contributed by atoms with van der Waals surface area (Å²) in [6.45, 7) is 4.05. The lowest BCUT2D eigenvalue weighted by Gasteiger charge is -2.06. The Morgan fingerprint density at radius 1 is 1.28 bits per heavy atom. The van der Waals surface area contributed by atoms with Crippen LogP contribution in [0.1, 0.15) is 22.5 Å². The fraction of sp³-hybridized carbons (Fsp3) is 0.190. The van der Waals surface area contributed by atoms with E-state index in [4.69, 9.17) is 16.3 Å². The minimum atomic E-state index is -0.454. The molecule has 0 fully saturated rings. The number of carbonyl (C=O) groups is 1. The van der Waals surface area contributed by atoms with Gasteiger partial charge in [0.25, 0.3) is 5.91 Å². The van der Waals surface area contributed by atoms with Gasteiger partial charge in [-0.1, -0.05) is 35.9 Å². The van der Waals surface area contributed by atoms with Crippen LogP contribution < -0.4 is 10.2 Å². The predicted octanol–water partition coefficient (Wildman–Crippen LogP) is 3.87. The number of hydrogen-bond donors (Lipinski definition) is 1. The van der Waals surface area contributed by atoms with Crippen molar-refractivity contribution in [1.82, 2.24) is 15.2 Å². The van der Waals surface area contributed by atoms with Gasteiger partial charge in [0.15, 0.2) is 6.61 Å². The Balaban J connectivity index is 1.59. The van der Waals surface area contributed by atoms with Crippen LogP contribution in [0, 0.1) is 19.7 Å². The maximum atomic E-state index is 13.1. The summed E-state index contributed by atoms with van der Waals surface area (Å²) in [5.74, 6) is -0.610. The van der Waals surface area contributed by atoms with Crippen molar-refractivity contribution in [2.24, 2.45) is 5.10 Å². The van der Waals surface area contributed by atoms with Crippen molar-refractivity contribution in [3.8, 4) is 5.75 Å². The van der Waals surface area contributed by atoms with E-state index >= 15 is 0 Å². The van der Waals surface area contributed by atoms with E-state index in [9.17, 15) is 9.18 Å². The zero-order valence-corrected chi connectivity index (χ0v) is 16.8. The highest BCUT2D eigenvalue weighted by atomic mass is 35.5. The number of hydrazone groups is 1. The first kappa shape index (κ1) is 20.5. The van der Waals surface area contributed by atoms with Crippen LogP contribution in [0.25, 0.3) is 0 Å². The number of halogens is 2. The van der Waals surface area contributed by atoms with Gasteiger partial charge >= 0.3 is 0 Å². The van der Waals surface area contributed by atoms with Gasteiger partial charge in [-0.3, -0.25) is 9.48 Å². The third-order valence-corrected chi connectivity index (χ3v) is 4.63. The molecule has 2 aromatic carbocycles. The van der Waals surface area contributed by atoms with E-state index in [0.29, 0.717) is 11.6 Å². The van der Waals surface area contributed by atoms with Crippen molar-refractivity contribution in [3.63, 3.8) is 0 Å². The highest BCUT2D eigenvalue weighted by Gasteiger charge is 2.11. The lowest BCUT2D eigenvalue weighted by Crippen LogP contribution is -2.24. The highest BCUT2D eigenvalue weighted by molar-refractivity contribution is 6.31. The molecule has 0 spiro atoms. The Morgan fingerprint density at radius 2 is 2.07 bits per heavy atom. The van der Waals surface area contributed by atoms with E-state index < -0.39 is 11.7 Å². The quantitative estimate of drug-likeness (QED) is 0.471. The van der Waals surface area contributed by atoms with E-state index in [0.717, 1.165) is 22.5 Å². The molecule has 0 aliphatic heterocycles. The van der Waals surface area contributed by atoms with Crippen LogP contribution in [0.15, 0.2) is 53.6 Å². The number of nitrogens with one attached hydrogen (secondary N) is 1. The second-order valence-electron chi connectivity index (χ2n) is 6.37. The number of amides is 1. The summed E-state index contributed by atoms with van der Waals surface area (Å²) in [5.41, 5.74) is 5.85. The molecule has 3 rings (SSSR count). The lowest BCUT2D eigenvalue weighted by molar-refractivity contribution is -0.123. The third-order valence-electron chi connectivity index (χ3n) is 4.26. The van der Waals surface area contributed by atoms with Gasteiger partial charge in [0.05, 0.1) is 18.5 Å². The summed E-state index contributed by atoms with van der Waals surface area (Å²) in [7, 11) is 0. The first-order valence-electron chi connectivity index (χ1n) is 8.91. The van der Waals surface area contributed by atoms with E-state index in [-0.39, 0.29) is 12.4 Å². The molecule has 1 amide bonds. The van der Waals surface area contributed by atoms with Gasteiger partial charge < -0.3 is 4.74 Å². The molecular weight excluding hydrogens is 395 g/mol. The molecule has 1 N–H and O–H groups in total. The Bertz CT molecular complexity index is 1050. The van der Waals surface area contributed by atoms with E-state index in [1.54, 1.807) is 12.3 Å². The number of benzene rings is 2. The second-order valence-corrected chi connectivity index (χ2v) is 6.78. The summed E-state index contributed by atoms with van der Waals surface area (Å²) in [5, 5.41) is 9.18. The van der Waals surface area contributed by atoms with Crippen LogP contribution in [-0.2, 0) is 11.3 Å². The first-order valence-corrected chi connectivity index (χ1v) is 9.29. The van der Waals surface area contributed by atoms with Gasteiger partial charge in [-0.05, 0) is 37.6 Å². The number of hydrogen-bond acceptors (Lipinski definition) is 4. The summed E-state index contributed by atoms with van der Waals surface area (Å²) in [6.07, 6.45) is 1.54. The second kappa shape index (κ2) is 9.34. The average molecular weight is 415 g/mol. The first-order chi connectivity index (χ1) is 13.9. The van der Waals surface area contributed by atoms with E-state index in [2.05, 4.69) is 15.6 Å². The molecule has 0 unspecified atom stereocenters. The third kappa shape index (κ3) is 5.42. The SMILES string of the molecule is Cc1nn(Cc2ccccc2Cl)c(C)c1/C=N\NC(=O)COc1cccc(F)c1. The number of carbonyl (C=O) groups excluding carboxylic acids is 1. The van der Waals surface area contributed by atoms with Crippen molar-refractivity contribution in [1.29, 1.82) is 0 Å². The van der Waals surface area contributed by atoms with Gasteiger partial charge in [-0.15, -0.1) is 0 Å². The molecule has 0 aliphatic rings. The Morgan fingerprint density at radius 3 is 2.83 bits per heavy atom. The number of aryl methyl sites for hydroxylation is 1. The van der Waals surface area contributed by atoms with Crippen LogP contribution in [0.3, 0.4) is 0 Å². The molecule has 0 radical (unpaired) electrons. The molecule has 0 saturated carbocycles. The monoisotopic (exact) mass is 414 g/mol.